The van der Waals surface area contributed by atoms with Crippen LogP contribution in [0.15, 0.2) is 29.5 Å². The Bertz CT molecular complexity index is 1060. The zero-order chi connectivity index (χ0) is 20.6. The Hall–Kier alpha value is -2.81. The molecule has 1 fully saturated rings. The first-order valence-corrected chi connectivity index (χ1v) is 10.0. The van der Waals surface area contributed by atoms with Crippen LogP contribution in [0.4, 0.5) is 5.82 Å². The summed E-state index contributed by atoms with van der Waals surface area (Å²) in [5.74, 6) is 0.943. The van der Waals surface area contributed by atoms with Gasteiger partial charge in [-0.1, -0.05) is 20.8 Å². The minimum absolute atomic E-state index is 0.0448. The van der Waals surface area contributed by atoms with Gasteiger partial charge in [0.25, 0.3) is 5.56 Å². The van der Waals surface area contributed by atoms with Crippen molar-refractivity contribution < 1.29 is 0 Å². The van der Waals surface area contributed by atoms with Crippen LogP contribution in [0.2, 0.25) is 0 Å². The number of piperazine rings is 1. The second kappa shape index (κ2) is 7.55. The predicted octanol–water partition coefficient (Wildman–Crippen LogP) is 1.04. The van der Waals surface area contributed by atoms with Crippen molar-refractivity contribution >= 4 is 16.9 Å². The molecule has 9 heteroatoms. The number of hydrogen-bond donors (Lipinski definition) is 0. The highest BCUT2D eigenvalue weighted by Gasteiger charge is 2.21. The quantitative estimate of drug-likeness (QED) is 0.651. The third kappa shape index (κ3) is 4.14. The summed E-state index contributed by atoms with van der Waals surface area (Å²) in [5.41, 5.74) is 1.54. The number of aromatic nitrogens is 6. The molecule has 0 unspecified atom stereocenters. The summed E-state index contributed by atoms with van der Waals surface area (Å²) in [7, 11) is 1.90. The highest BCUT2D eigenvalue weighted by molar-refractivity contribution is 5.86. The molecule has 9 nitrogen and oxygen atoms in total. The number of hydrogen-bond acceptors (Lipinski definition) is 7. The first-order chi connectivity index (χ1) is 13.8. The van der Waals surface area contributed by atoms with Gasteiger partial charge in [-0.3, -0.25) is 14.4 Å². The molecular weight excluding hydrogens is 368 g/mol. The molecule has 1 saturated heterocycles. The molecule has 0 aliphatic carbocycles. The normalized spacial score (nSPS) is 15.9. The maximum Gasteiger partial charge on any atom is 0.266 e. The number of aryl methyl sites for hydroxylation is 1. The topological polar surface area (TPSA) is 85.0 Å². The van der Waals surface area contributed by atoms with Gasteiger partial charge >= 0.3 is 0 Å². The van der Waals surface area contributed by atoms with Gasteiger partial charge < -0.3 is 4.90 Å². The third-order valence-electron chi connectivity index (χ3n) is 5.35. The minimum atomic E-state index is -0.0732. The van der Waals surface area contributed by atoms with Crippen LogP contribution < -0.4 is 10.5 Å². The predicted molar refractivity (Wildman–Crippen MR) is 112 cm³/mol. The van der Waals surface area contributed by atoms with Crippen LogP contribution in [0.1, 0.15) is 26.5 Å². The lowest BCUT2D eigenvalue weighted by Crippen LogP contribution is -2.48. The van der Waals surface area contributed by atoms with Crippen LogP contribution in [0.3, 0.4) is 0 Å². The Morgan fingerprint density at radius 3 is 2.48 bits per heavy atom. The molecule has 0 aromatic carbocycles. The van der Waals surface area contributed by atoms with Gasteiger partial charge in [-0.2, -0.15) is 10.2 Å². The van der Waals surface area contributed by atoms with Gasteiger partial charge in [0.15, 0.2) is 5.65 Å². The summed E-state index contributed by atoms with van der Waals surface area (Å²) in [6, 6.07) is 3.46. The van der Waals surface area contributed by atoms with Crippen LogP contribution >= 0.6 is 0 Å². The first kappa shape index (κ1) is 19.5. The SMILES string of the molecule is Cn1cc2c(N3CCN(CCn4nc(C(C)(C)C)ccc4=O)CC3)ncnc2n1. The van der Waals surface area contributed by atoms with E-state index < -0.39 is 0 Å². The molecule has 0 bridgehead atoms. The van der Waals surface area contributed by atoms with E-state index in [1.54, 1.807) is 21.8 Å². The Morgan fingerprint density at radius 2 is 1.76 bits per heavy atom. The Balaban J connectivity index is 1.39. The molecule has 0 radical (unpaired) electrons. The first-order valence-electron chi connectivity index (χ1n) is 10.0. The Morgan fingerprint density at radius 1 is 1.00 bits per heavy atom. The fourth-order valence-corrected chi connectivity index (χ4v) is 3.62. The number of rotatable bonds is 4. The molecule has 0 amide bonds. The van der Waals surface area contributed by atoms with Crippen molar-refractivity contribution in [2.45, 2.75) is 32.7 Å². The van der Waals surface area contributed by atoms with Crippen molar-refractivity contribution in [3.05, 3.63) is 40.7 Å². The van der Waals surface area contributed by atoms with Gasteiger partial charge in [-0.05, 0) is 6.07 Å². The average Bonchev–Trinajstić information content (AvgIpc) is 3.07. The van der Waals surface area contributed by atoms with E-state index in [0.29, 0.717) is 6.54 Å². The van der Waals surface area contributed by atoms with E-state index >= 15 is 0 Å². The summed E-state index contributed by atoms with van der Waals surface area (Å²) in [6.07, 6.45) is 3.55. The van der Waals surface area contributed by atoms with Gasteiger partial charge in [-0.25, -0.2) is 14.6 Å². The second-order valence-electron chi connectivity index (χ2n) is 8.60. The van der Waals surface area contributed by atoms with Crippen LogP contribution in [0.25, 0.3) is 11.0 Å². The third-order valence-corrected chi connectivity index (χ3v) is 5.35. The van der Waals surface area contributed by atoms with Gasteiger partial charge in [-0.15, -0.1) is 0 Å². The molecule has 4 heterocycles. The number of nitrogens with zero attached hydrogens (tertiary/aromatic N) is 8. The second-order valence-corrected chi connectivity index (χ2v) is 8.60. The standard InChI is InChI=1S/C20H28N8O/c1-20(2,3)16-5-6-17(29)28(23-16)12-9-26-7-10-27(11-8-26)19-15-13-25(4)24-18(15)21-14-22-19/h5-6,13-14H,7-12H2,1-4H3. The van der Waals surface area contributed by atoms with Crippen molar-refractivity contribution in [1.82, 2.24) is 34.4 Å². The maximum atomic E-state index is 12.2. The molecule has 3 aromatic rings. The monoisotopic (exact) mass is 396 g/mol. The van der Waals surface area contributed by atoms with E-state index in [1.807, 2.05) is 19.3 Å². The summed E-state index contributed by atoms with van der Waals surface area (Å²) in [5, 5.41) is 9.92. The van der Waals surface area contributed by atoms with E-state index in [-0.39, 0.29) is 11.0 Å². The molecule has 154 valence electrons. The molecule has 0 spiro atoms. The molecule has 1 aliphatic rings. The number of fused-ring (bicyclic) bond motifs is 1. The van der Waals surface area contributed by atoms with E-state index in [2.05, 4.69) is 50.7 Å². The van der Waals surface area contributed by atoms with E-state index in [4.69, 9.17) is 0 Å². The van der Waals surface area contributed by atoms with E-state index in [0.717, 1.165) is 55.3 Å². The lowest BCUT2D eigenvalue weighted by molar-refractivity contribution is 0.241. The van der Waals surface area contributed by atoms with Crippen molar-refractivity contribution in [3.63, 3.8) is 0 Å². The lowest BCUT2D eigenvalue weighted by atomic mass is 9.92. The summed E-state index contributed by atoms with van der Waals surface area (Å²) in [6.45, 7) is 11.3. The lowest BCUT2D eigenvalue weighted by Gasteiger charge is -2.35. The Kier molecular flexibility index (Phi) is 5.08. The van der Waals surface area contributed by atoms with Gasteiger partial charge in [0.2, 0.25) is 0 Å². The molecule has 0 atom stereocenters. The van der Waals surface area contributed by atoms with Crippen LogP contribution in [0.5, 0.6) is 0 Å². The van der Waals surface area contributed by atoms with Crippen LogP contribution in [-0.2, 0) is 19.0 Å². The molecule has 3 aromatic heterocycles. The zero-order valence-corrected chi connectivity index (χ0v) is 17.5. The summed E-state index contributed by atoms with van der Waals surface area (Å²) in [4.78, 5) is 25.6. The van der Waals surface area contributed by atoms with Crippen molar-refractivity contribution in [2.24, 2.45) is 7.05 Å². The average molecular weight is 396 g/mol. The molecule has 4 rings (SSSR count). The zero-order valence-electron chi connectivity index (χ0n) is 17.5. The minimum Gasteiger partial charge on any atom is -0.353 e. The maximum absolute atomic E-state index is 12.2. The molecular formula is C20H28N8O. The van der Waals surface area contributed by atoms with Crippen molar-refractivity contribution in [1.29, 1.82) is 0 Å². The highest BCUT2D eigenvalue weighted by Crippen LogP contribution is 2.23. The molecule has 0 N–H and O–H groups in total. The van der Waals surface area contributed by atoms with Gasteiger partial charge in [0.05, 0.1) is 17.6 Å². The molecule has 29 heavy (non-hydrogen) atoms. The van der Waals surface area contributed by atoms with Gasteiger partial charge in [0.1, 0.15) is 12.1 Å². The fraction of sp³-hybridized carbons (Fsp3) is 0.550. The van der Waals surface area contributed by atoms with Crippen molar-refractivity contribution in [2.75, 3.05) is 37.6 Å². The summed E-state index contributed by atoms with van der Waals surface area (Å²) >= 11 is 0. The van der Waals surface area contributed by atoms with Crippen molar-refractivity contribution in [3.8, 4) is 0 Å². The highest BCUT2D eigenvalue weighted by atomic mass is 16.1. The van der Waals surface area contributed by atoms with Gasteiger partial charge in [0, 0.05) is 57.4 Å². The van der Waals surface area contributed by atoms with E-state index in [9.17, 15) is 4.79 Å². The largest absolute Gasteiger partial charge is 0.353 e. The smallest absolute Gasteiger partial charge is 0.266 e. The molecule has 1 aliphatic heterocycles. The van der Waals surface area contributed by atoms with E-state index in [1.165, 1.54) is 0 Å². The van der Waals surface area contributed by atoms with Crippen LogP contribution in [0, 0.1) is 0 Å². The molecule has 0 saturated carbocycles. The van der Waals surface area contributed by atoms with Crippen LogP contribution in [-0.4, -0.2) is 67.2 Å². The summed E-state index contributed by atoms with van der Waals surface area (Å²) < 4.78 is 3.37. The number of anilines is 1. The Labute approximate surface area is 170 Å². The fourth-order valence-electron chi connectivity index (χ4n) is 3.62.